The second-order valence-corrected chi connectivity index (χ2v) is 6.02. The van der Waals surface area contributed by atoms with Crippen molar-refractivity contribution in [3.05, 3.63) is 40.5 Å². The van der Waals surface area contributed by atoms with Crippen molar-refractivity contribution in [1.29, 1.82) is 0 Å². The zero-order valence-electron chi connectivity index (χ0n) is 11.3. The summed E-state index contributed by atoms with van der Waals surface area (Å²) in [6, 6.07) is 5.36. The summed E-state index contributed by atoms with van der Waals surface area (Å²) >= 11 is 6.03. The minimum Gasteiger partial charge on any atom is -0.495 e. The molecule has 0 radical (unpaired) electrons. The summed E-state index contributed by atoms with van der Waals surface area (Å²) in [5, 5.41) is 4.30. The zero-order valence-corrected chi connectivity index (χ0v) is 12.8. The van der Waals surface area contributed by atoms with Gasteiger partial charge < -0.3 is 9.26 Å². The topological polar surface area (TPSA) is 65.2 Å². The van der Waals surface area contributed by atoms with Gasteiger partial charge in [-0.3, -0.25) is 4.21 Å². The van der Waals surface area contributed by atoms with E-state index in [2.05, 4.69) is 10.1 Å². The molecule has 0 spiro atoms. The predicted molar refractivity (Wildman–Crippen MR) is 77.2 cm³/mol. The number of hydrogen-bond donors (Lipinski definition) is 0. The summed E-state index contributed by atoms with van der Waals surface area (Å²) in [7, 11) is 0.444. The molecule has 0 aliphatic heterocycles. The van der Waals surface area contributed by atoms with E-state index in [1.54, 1.807) is 19.2 Å². The first kappa shape index (κ1) is 15.0. The minimum absolute atomic E-state index is 0.271. The second-order valence-electron chi connectivity index (χ2n) is 4.16. The van der Waals surface area contributed by atoms with E-state index in [4.69, 9.17) is 20.9 Å². The van der Waals surface area contributed by atoms with E-state index in [0.717, 1.165) is 5.56 Å². The highest BCUT2D eigenvalue weighted by Gasteiger charge is 2.10. The van der Waals surface area contributed by atoms with E-state index >= 15 is 0 Å². The van der Waals surface area contributed by atoms with Crippen LogP contribution >= 0.6 is 11.6 Å². The average molecular weight is 315 g/mol. The number of hydrogen-bond acceptors (Lipinski definition) is 5. The van der Waals surface area contributed by atoms with Crippen LogP contribution in [0.1, 0.15) is 24.2 Å². The fourth-order valence-electron chi connectivity index (χ4n) is 1.67. The van der Waals surface area contributed by atoms with Crippen molar-refractivity contribution in [2.24, 2.45) is 0 Å². The van der Waals surface area contributed by atoms with E-state index in [9.17, 15) is 4.21 Å². The molecule has 0 N–H and O–H groups in total. The van der Waals surface area contributed by atoms with Crippen LogP contribution in [-0.4, -0.2) is 21.5 Å². The Bertz CT molecular complexity index is 615. The number of rotatable bonds is 6. The SMILES string of the molecule is CCc1nc(CS(=O)Cc2ccc(OC)c(Cl)c2)no1. The molecule has 1 unspecified atom stereocenters. The van der Waals surface area contributed by atoms with E-state index in [1.807, 2.05) is 13.0 Å². The lowest BCUT2D eigenvalue weighted by Crippen LogP contribution is -2.01. The van der Waals surface area contributed by atoms with Crippen LogP contribution in [0, 0.1) is 0 Å². The molecule has 0 amide bonds. The number of methoxy groups -OCH3 is 1. The van der Waals surface area contributed by atoms with Gasteiger partial charge in [-0.05, 0) is 17.7 Å². The van der Waals surface area contributed by atoms with Crippen LogP contribution in [0.25, 0.3) is 0 Å². The van der Waals surface area contributed by atoms with Crippen molar-refractivity contribution in [1.82, 2.24) is 10.1 Å². The summed E-state index contributed by atoms with van der Waals surface area (Å²) in [5.41, 5.74) is 0.883. The van der Waals surface area contributed by atoms with Gasteiger partial charge >= 0.3 is 0 Å². The Morgan fingerprint density at radius 3 is 2.80 bits per heavy atom. The van der Waals surface area contributed by atoms with Crippen molar-refractivity contribution in [2.45, 2.75) is 24.9 Å². The number of benzene rings is 1. The van der Waals surface area contributed by atoms with Crippen LogP contribution in [-0.2, 0) is 28.7 Å². The van der Waals surface area contributed by atoms with Gasteiger partial charge in [-0.25, -0.2) is 0 Å². The molecule has 0 bridgehead atoms. The third-order valence-corrected chi connectivity index (χ3v) is 4.18. The largest absolute Gasteiger partial charge is 0.495 e. The van der Waals surface area contributed by atoms with Gasteiger partial charge in [-0.15, -0.1) is 0 Å². The smallest absolute Gasteiger partial charge is 0.226 e. The van der Waals surface area contributed by atoms with Crippen molar-refractivity contribution in [3.8, 4) is 5.75 Å². The van der Waals surface area contributed by atoms with Crippen LogP contribution in [0.4, 0.5) is 0 Å². The van der Waals surface area contributed by atoms with Gasteiger partial charge in [0.05, 0.1) is 17.9 Å². The van der Waals surface area contributed by atoms with Crippen LogP contribution in [0.5, 0.6) is 5.75 Å². The van der Waals surface area contributed by atoms with Crippen LogP contribution in [0.15, 0.2) is 22.7 Å². The summed E-state index contributed by atoms with van der Waals surface area (Å²) in [6.45, 7) is 1.92. The molecule has 2 aromatic rings. The van der Waals surface area contributed by atoms with E-state index in [0.29, 0.717) is 34.7 Å². The number of aryl methyl sites for hydroxylation is 1. The highest BCUT2D eigenvalue weighted by atomic mass is 35.5. The summed E-state index contributed by atoms with van der Waals surface area (Å²) in [6.07, 6.45) is 0.674. The maximum atomic E-state index is 12.1. The second kappa shape index (κ2) is 6.85. The standard InChI is InChI=1S/C13H15ClN2O3S/c1-3-13-15-12(16-19-13)8-20(17)7-9-4-5-11(18-2)10(14)6-9/h4-6H,3,7-8H2,1-2H3. The Balaban J connectivity index is 1.99. The Morgan fingerprint density at radius 1 is 1.40 bits per heavy atom. The highest BCUT2D eigenvalue weighted by Crippen LogP contribution is 2.25. The lowest BCUT2D eigenvalue weighted by Gasteiger charge is -2.05. The lowest BCUT2D eigenvalue weighted by molar-refractivity contribution is 0.378. The highest BCUT2D eigenvalue weighted by molar-refractivity contribution is 7.83. The van der Waals surface area contributed by atoms with Crippen molar-refractivity contribution in [3.63, 3.8) is 0 Å². The molecule has 5 nitrogen and oxygen atoms in total. The Hall–Kier alpha value is -1.40. The van der Waals surface area contributed by atoms with Crippen LogP contribution in [0.3, 0.4) is 0 Å². The van der Waals surface area contributed by atoms with Crippen molar-refractivity contribution >= 4 is 22.4 Å². The molecule has 108 valence electrons. The van der Waals surface area contributed by atoms with Gasteiger partial charge in [0.25, 0.3) is 0 Å². The van der Waals surface area contributed by atoms with Crippen LogP contribution < -0.4 is 4.74 Å². The third kappa shape index (κ3) is 3.80. The minimum atomic E-state index is -1.11. The summed E-state index contributed by atoms with van der Waals surface area (Å²) in [4.78, 5) is 4.14. The Morgan fingerprint density at radius 2 is 2.20 bits per heavy atom. The van der Waals surface area contributed by atoms with Gasteiger partial charge in [0.1, 0.15) is 5.75 Å². The zero-order chi connectivity index (χ0) is 14.5. The predicted octanol–water partition coefficient (Wildman–Crippen LogP) is 2.74. The number of nitrogens with zero attached hydrogens (tertiary/aromatic N) is 2. The van der Waals surface area contributed by atoms with Crippen molar-refractivity contribution in [2.75, 3.05) is 7.11 Å². The number of ether oxygens (including phenoxy) is 1. The molecular weight excluding hydrogens is 300 g/mol. The van der Waals surface area contributed by atoms with E-state index in [1.165, 1.54) is 0 Å². The maximum Gasteiger partial charge on any atom is 0.226 e. The first-order valence-electron chi connectivity index (χ1n) is 6.11. The summed E-state index contributed by atoms with van der Waals surface area (Å²) in [5.74, 6) is 2.29. The van der Waals surface area contributed by atoms with Gasteiger partial charge in [0.15, 0.2) is 5.82 Å². The number of halogens is 1. The third-order valence-electron chi connectivity index (χ3n) is 2.65. The first-order chi connectivity index (χ1) is 9.62. The van der Waals surface area contributed by atoms with Gasteiger partial charge in [0.2, 0.25) is 5.89 Å². The molecule has 0 saturated heterocycles. The van der Waals surface area contributed by atoms with Gasteiger partial charge in [0, 0.05) is 23.0 Å². The fourth-order valence-corrected chi connectivity index (χ4v) is 3.01. The maximum absolute atomic E-state index is 12.1. The molecule has 0 aliphatic rings. The lowest BCUT2D eigenvalue weighted by atomic mass is 10.2. The average Bonchev–Trinajstić information content (AvgIpc) is 2.86. The molecular formula is C13H15ClN2O3S. The summed E-state index contributed by atoms with van der Waals surface area (Å²) < 4.78 is 22.1. The van der Waals surface area contributed by atoms with E-state index in [-0.39, 0.29) is 5.75 Å². The first-order valence-corrected chi connectivity index (χ1v) is 7.97. The molecule has 7 heteroatoms. The molecule has 1 heterocycles. The molecule has 20 heavy (non-hydrogen) atoms. The molecule has 1 atom stereocenters. The molecule has 1 aromatic carbocycles. The monoisotopic (exact) mass is 314 g/mol. The number of aromatic nitrogens is 2. The van der Waals surface area contributed by atoms with Gasteiger partial charge in [-0.2, -0.15) is 4.98 Å². The molecule has 1 aromatic heterocycles. The fraction of sp³-hybridized carbons (Fsp3) is 0.385. The van der Waals surface area contributed by atoms with Gasteiger partial charge in [-0.1, -0.05) is 29.7 Å². The normalized spacial score (nSPS) is 12.3. The van der Waals surface area contributed by atoms with Crippen molar-refractivity contribution < 1.29 is 13.5 Å². The van der Waals surface area contributed by atoms with E-state index < -0.39 is 10.8 Å². The Labute approximate surface area is 124 Å². The molecule has 2 rings (SSSR count). The molecule has 0 saturated carbocycles. The van der Waals surface area contributed by atoms with Crippen LogP contribution in [0.2, 0.25) is 5.02 Å². The quantitative estimate of drug-likeness (QED) is 0.820. The molecule has 0 aliphatic carbocycles. The molecule has 0 fully saturated rings. The Kier molecular flexibility index (Phi) is 5.14.